The third kappa shape index (κ3) is 3.10. The second-order valence-electron chi connectivity index (χ2n) is 5.69. The molecule has 2 aliphatic rings. The number of nitrogens with one attached hydrogen (secondary N) is 1. The number of nitrogens with zero attached hydrogens (tertiary/aromatic N) is 1. The number of amides is 2. The van der Waals surface area contributed by atoms with Crippen LogP contribution in [0, 0.1) is 5.92 Å². The maximum atomic E-state index is 12.1. The molecule has 2 amide bonds. The van der Waals surface area contributed by atoms with E-state index in [1.807, 2.05) is 30.3 Å². The highest BCUT2D eigenvalue weighted by Crippen LogP contribution is 2.23. The van der Waals surface area contributed by atoms with Gasteiger partial charge in [0.05, 0.1) is 5.92 Å². The van der Waals surface area contributed by atoms with E-state index in [-0.39, 0.29) is 30.3 Å². The van der Waals surface area contributed by atoms with E-state index in [1.165, 1.54) is 0 Å². The predicted octanol–water partition coefficient (Wildman–Crippen LogP) is 1.10. The number of carbonyl (C=O) groups is 3. The van der Waals surface area contributed by atoms with Gasteiger partial charge in [-0.1, -0.05) is 30.3 Å². The molecule has 0 aliphatic carbocycles. The monoisotopic (exact) mass is 302 g/mol. The first-order valence-electron chi connectivity index (χ1n) is 7.41. The third-order valence-electron chi connectivity index (χ3n) is 4.16. The minimum atomic E-state index is -0.410. The first kappa shape index (κ1) is 14.6. The lowest BCUT2D eigenvalue weighted by Crippen LogP contribution is -2.59. The summed E-state index contributed by atoms with van der Waals surface area (Å²) in [5.74, 6) is -0.241. The molecule has 2 aliphatic heterocycles. The van der Waals surface area contributed by atoms with Crippen LogP contribution in [-0.4, -0.2) is 41.8 Å². The molecule has 6 nitrogen and oxygen atoms in total. The Labute approximate surface area is 128 Å². The van der Waals surface area contributed by atoms with Crippen molar-refractivity contribution in [3.8, 4) is 0 Å². The van der Waals surface area contributed by atoms with E-state index in [0.29, 0.717) is 25.9 Å². The first-order valence-corrected chi connectivity index (χ1v) is 7.41. The molecule has 2 fully saturated rings. The number of Topliss-reactive ketones (excluding diaryl/α,β-unsaturated/α-hetero) is 1. The van der Waals surface area contributed by atoms with Crippen molar-refractivity contribution in [1.82, 2.24) is 10.2 Å². The van der Waals surface area contributed by atoms with Gasteiger partial charge in [0.25, 0.3) is 0 Å². The highest BCUT2D eigenvalue weighted by molar-refractivity contribution is 5.89. The lowest BCUT2D eigenvalue weighted by Gasteiger charge is -2.39. The molecular weight excluding hydrogens is 284 g/mol. The predicted molar refractivity (Wildman–Crippen MR) is 77.9 cm³/mol. The Hall–Kier alpha value is -2.37. The molecule has 1 aromatic rings. The molecule has 6 heteroatoms. The Morgan fingerprint density at radius 2 is 2.00 bits per heavy atom. The van der Waals surface area contributed by atoms with Crippen molar-refractivity contribution < 1.29 is 19.1 Å². The number of carbonyl (C=O) groups excluding carboxylic acids is 3. The highest BCUT2D eigenvalue weighted by Gasteiger charge is 2.41. The Morgan fingerprint density at radius 3 is 2.68 bits per heavy atom. The fourth-order valence-corrected chi connectivity index (χ4v) is 2.82. The van der Waals surface area contributed by atoms with Gasteiger partial charge in [0, 0.05) is 32.0 Å². The van der Waals surface area contributed by atoms with Crippen LogP contribution >= 0.6 is 0 Å². The van der Waals surface area contributed by atoms with E-state index in [1.54, 1.807) is 4.90 Å². The van der Waals surface area contributed by atoms with Crippen molar-refractivity contribution in [1.29, 1.82) is 0 Å². The van der Waals surface area contributed by atoms with Gasteiger partial charge in [0.2, 0.25) is 5.91 Å². The summed E-state index contributed by atoms with van der Waals surface area (Å²) in [6, 6.07) is 9.32. The van der Waals surface area contributed by atoms with Gasteiger partial charge < -0.3 is 15.0 Å². The normalized spacial score (nSPS) is 24.5. The smallest absolute Gasteiger partial charge is 0.410 e. The fourth-order valence-electron chi connectivity index (χ4n) is 2.82. The second kappa shape index (κ2) is 6.17. The SMILES string of the molecule is O=C1C[C@H]([C@H]2CN(C(=O)OCc3ccccc3)CCC2=O)N1. The summed E-state index contributed by atoms with van der Waals surface area (Å²) in [6.45, 7) is 0.913. The maximum absolute atomic E-state index is 12.1. The van der Waals surface area contributed by atoms with Crippen LogP contribution in [0.1, 0.15) is 18.4 Å². The largest absolute Gasteiger partial charge is 0.445 e. The molecular formula is C16H18N2O4. The molecule has 22 heavy (non-hydrogen) atoms. The summed E-state index contributed by atoms with van der Waals surface area (Å²) in [6.07, 6.45) is 0.271. The van der Waals surface area contributed by atoms with Crippen LogP contribution < -0.4 is 5.32 Å². The van der Waals surface area contributed by atoms with Gasteiger partial charge >= 0.3 is 6.09 Å². The molecule has 0 aromatic heterocycles. The summed E-state index contributed by atoms with van der Waals surface area (Å²) in [7, 11) is 0. The number of hydrogen-bond donors (Lipinski definition) is 1. The van der Waals surface area contributed by atoms with E-state index in [9.17, 15) is 14.4 Å². The standard InChI is InChI=1S/C16H18N2O4/c19-14-6-7-18(9-12(14)13-8-15(20)17-13)16(21)22-10-11-4-2-1-3-5-11/h1-5,12-13H,6-10H2,(H,17,20)/t12-,13-/m1/s1. The zero-order valence-electron chi connectivity index (χ0n) is 12.2. The molecule has 1 aromatic carbocycles. The number of hydrogen-bond acceptors (Lipinski definition) is 4. The van der Waals surface area contributed by atoms with Crippen molar-refractivity contribution in [2.45, 2.75) is 25.5 Å². The maximum Gasteiger partial charge on any atom is 0.410 e. The molecule has 0 spiro atoms. The first-order chi connectivity index (χ1) is 10.6. The average Bonchev–Trinajstić information content (AvgIpc) is 2.51. The molecule has 116 valence electrons. The van der Waals surface area contributed by atoms with Crippen LogP contribution in [0.25, 0.3) is 0 Å². The Kier molecular flexibility index (Phi) is 4.09. The molecule has 3 rings (SSSR count). The molecule has 0 unspecified atom stereocenters. The number of ether oxygens (including phenoxy) is 1. The van der Waals surface area contributed by atoms with Crippen LogP contribution in [0.5, 0.6) is 0 Å². The average molecular weight is 302 g/mol. The van der Waals surface area contributed by atoms with Gasteiger partial charge in [-0.15, -0.1) is 0 Å². The second-order valence-corrected chi connectivity index (χ2v) is 5.69. The summed E-state index contributed by atoms with van der Waals surface area (Å²) < 4.78 is 5.29. The van der Waals surface area contributed by atoms with Gasteiger partial charge in [-0.2, -0.15) is 0 Å². The van der Waals surface area contributed by atoms with Crippen LogP contribution in [-0.2, 0) is 20.9 Å². The molecule has 2 heterocycles. The summed E-state index contributed by atoms with van der Waals surface area (Å²) in [5.41, 5.74) is 0.923. The van der Waals surface area contributed by atoms with Crippen molar-refractivity contribution >= 4 is 17.8 Å². The molecule has 2 saturated heterocycles. The van der Waals surface area contributed by atoms with E-state index in [2.05, 4.69) is 5.32 Å². The van der Waals surface area contributed by atoms with Crippen LogP contribution in [0.3, 0.4) is 0 Å². The van der Waals surface area contributed by atoms with Crippen molar-refractivity contribution in [2.75, 3.05) is 13.1 Å². The minimum Gasteiger partial charge on any atom is -0.445 e. The Balaban J connectivity index is 1.54. The van der Waals surface area contributed by atoms with Crippen LogP contribution in [0.2, 0.25) is 0 Å². The summed E-state index contributed by atoms with van der Waals surface area (Å²) in [5, 5.41) is 2.72. The highest BCUT2D eigenvalue weighted by atomic mass is 16.6. The van der Waals surface area contributed by atoms with Gasteiger partial charge in [-0.05, 0) is 5.56 Å². The number of piperidine rings is 1. The molecule has 2 atom stereocenters. The fraction of sp³-hybridized carbons (Fsp3) is 0.438. The molecule has 0 saturated carbocycles. The zero-order chi connectivity index (χ0) is 15.5. The van der Waals surface area contributed by atoms with Crippen LogP contribution in [0.15, 0.2) is 30.3 Å². The Morgan fingerprint density at radius 1 is 1.27 bits per heavy atom. The summed E-state index contributed by atoms with van der Waals surface area (Å²) >= 11 is 0. The number of β-lactam (4-membered cyclic amide) rings is 1. The lowest BCUT2D eigenvalue weighted by molar-refractivity contribution is -0.134. The van der Waals surface area contributed by atoms with Crippen molar-refractivity contribution in [2.24, 2.45) is 5.92 Å². The van der Waals surface area contributed by atoms with Gasteiger partial charge in [-0.25, -0.2) is 4.79 Å². The van der Waals surface area contributed by atoms with Gasteiger partial charge in [0.15, 0.2) is 0 Å². The summed E-state index contributed by atoms with van der Waals surface area (Å²) in [4.78, 5) is 36.6. The molecule has 1 N–H and O–H groups in total. The van der Waals surface area contributed by atoms with E-state index in [0.717, 1.165) is 5.56 Å². The number of rotatable bonds is 3. The zero-order valence-corrected chi connectivity index (χ0v) is 12.2. The molecule has 0 bridgehead atoms. The number of benzene rings is 1. The van der Waals surface area contributed by atoms with Crippen LogP contribution in [0.4, 0.5) is 4.79 Å². The number of likely N-dealkylation sites (tertiary alicyclic amines) is 1. The lowest BCUT2D eigenvalue weighted by atomic mass is 9.84. The topological polar surface area (TPSA) is 75.7 Å². The van der Waals surface area contributed by atoms with Gasteiger partial charge in [0.1, 0.15) is 12.4 Å². The third-order valence-corrected chi connectivity index (χ3v) is 4.16. The minimum absolute atomic E-state index is 0.0402. The van der Waals surface area contributed by atoms with Crippen molar-refractivity contribution in [3.63, 3.8) is 0 Å². The quantitative estimate of drug-likeness (QED) is 0.848. The van der Waals surface area contributed by atoms with E-state index in [4.69, 9.17) is 4.74 Å². The molecule has 0 radical (unpaired) electrons. The number of ketones is 1. The Bertz CT molecular complexity index is 579. The van der Waals surface area contributed by atoms with E-state index >= 15 is 0 Å². The van der Waals surface area contributed by atoms with Crippen molar-refractivity contribution in [3.05, 3.63) is 35.9 Å². The van der Waals surface area contributed by atoms with E-state index < -0.39 is 6.09 Å². The van der Waals surface area contributed by atoms with Gasteiger partial charge in [-0.3, -0.25) is 9.59 Å².